The summed E-state index contributed by atoms with van der Waals surface area (Å²) in [6.07, 6.45) is 0.286. The Kier molecular flexibility index (Phi) is 7.39. The van der Waals surface area contributed by atoms with Crippen LogP contribution in [-0.4, -0.2) is 31.2 Å². The first-order chi connectivity index (χ1) is 8.33. The number of carbonyl (C=O) groups is 2. The molecule has 0 aliphatic carbocycles. The molecule has 0 bridgehead atoms. The SMILES string of the molecule is CC[C@@H](NC(=O)[C@@H](NC(=O)OC)C(C)C)C(C)C. The topological polar surface area (TPSA) is 67.4 Å². The molecule has 0 aromatic rings. The molecule has 0 heterocycles. The van der Waals surface area contributed by atoms with Gasteiger partial charge in [-0.2, -0.15) is 0 Å². The molecule has 2 N–H and O–H groups in total. The van der Waals surface area contributed by atoms with Gasteiger partial charge in [-0.25, -0.2) is 4.79 Å². The van der Waals surface area contributed by atoms with Gasteiger partial charge < -0.3 is 15.4 Å². The van der Waals surface area contributed by atoms with Crippen LogP contribution in [0.4, 0.5) is 4.79 Å². The van der Waals surface area contributed by atoms with Gasteiger partial charge in [-0.15, -0.1) is 0 Å². The number of rotatable bonds is 6. The second kappa shape index (κ2) is 7.95. The minimum atomic E-state index is -0.582. The van der Waals surface area contributed by atoms with Gasteiger partial charge in [0.05, 0.1) is 7.11 Å². The summed E-state index contributed by atoms with van der Waals surface area (Å²) in [5.74, 6) is 0.217. The predicted molar refractivity (Wildman–Crippen MR) is 71.2 cm³/mol. The van der Waals surface area contributed by atoms with Crippen LogP contribution in [0.1, 0.15) is 41.0 Å². The van der Waals surface area contributed by atoms with Gasteiger partial charge in [0.1, 0.15) is 6.04 Å². The fourth-order valence-electron chi connectivity index (χ4n) is 1.73. The van der Waals surface area contributed by atoms with E-state index in [4.69, 9.17) is 0 Å². The highest BCUT2D eigenvalue weighted by Gasteiger charge is 2.26. The van der Waals surface area contributed by atoms with Crippen LogP contribution in [0.3, 0.4) is 0 Å². The van der Waals surface area contributed by atoms with Crippen LogP contribution in [0.2, 0.25) is 0 Å². The fraction of sp³-hybridized carbons (Fsp3) is 0.846. The summed E-state index contributed by atoms with van der Waals surface area (Å²) in [5.41, 5.74) is 0. The predicted octanol–water partition coefficient (Wildman–Crippen LogP) is 1.92. The quantitative estimate of drug-likeness (QED) is 0.765. The highest BCUT2D eigenvalue weighted by Crippen LogP contribution is 2.08. The molecule has 0 saturated carbocycles. The molecule has 0 rings (SSSR count). The number of hydrogen-bond donors (Lipinski definition) is 2. The lowest BCUT2D eigenvalue weighted by molar-refractivity contribution is -0.125. The van der Waals surface area contributed by atoms with Crippen LogP contribution in [0, 0.1) is 11.8 Å². The first-order valence-electron chi connectivity index (χ1n) is 6.48. The van der Waals surface area contributed by atoms with E-state index in [1.165, 1.54) is 7.11 Å². The second-order valence-electron chi connectivity index (χ2n) is 5.12. The number of amides is 2. The molecule has 0 radical (unpaired) electrons. The summed E-state index contributed by atoms with van der Waals surface area (Å²) in [5, 5.41) is 5.53. The van der Waals surface area contributed by atoms with Crippen molar-refractivity contribution in [1.29, 1.82) is 0 Å². The van der Waals surface area contributed by atoms with Crippen LogP contribution in [0.5, 0.6) is 0 Å². The molecule has 0 fully saturated rings. The molecular formula is C13H26N2O3. The van der Waals surface area contributed by atoms with Crippen LogP contribution in [0.15, 0.2) is 0 Å². The van der Waals surface area contributed by atoms with Crippen molar-refractivity contribution in [1.82, 2.24) is 10.6 Å². The van der Waals surface area contributed by atoms with Crippen molar-refractivity contribution < 1.29 is 14.3 Å². The molecule has 2 amide bonds. The van der Waals surface area contributed by atoms with Crippen LogP contribution >= 0.6 is 0 Å². The number of nitrogens with one attached hydrogen (secondary N) is 2. The maximum atomic E-state index is 12.1. The lowest BCUT2D eigenvalue weighted by Crippen LogP contribution is -2.52. The van der Waals surface area contributed by atoms with Gasteiger partial charge in [0.2, 0.25) is 5.91 Å². The fourth-order valence-corrected chi connectivity index (χ4v) is 1.73. The van der Waals surface area contributed by atoms with Crippen molar-refractivity contribution in [3.8, 4) is 0 Å². The minimum Gasteiger partial charge on any atom is -0.453 e. The van der Waals surface area contributed by atoms with Crippen molar-refractivity contribution in [2.24, 2.45) is 11.8 Å². The maximum Gasteiger partial charge on any atom is 0.407 e. The maximum absolute atomic E-state index is 12.1. The monoisotopic (exact) mass is 258 g/mol. The minimum absolute atomic E-state index is 0.00812. The van der Waals surface area contributed by atoms with E-state index in [2.05, 4.69) is 29.2 Å². The summed E-state index contributed by atoms with van der Waals surface area (Å²) >= 11 is 0. The Labute approximate surface area is 110 Å². The highest BCUT2D eigenvalue weighted by atomic mass is 16.5. The third-order valence-electron chi connectivity index (χ3n) is 2.98. The molecule has 0 spiro atoms. The average Bonchev–Trinajstić information content (AvgIpc) is 2.31. The van der Waals surface area contributed by atoms with Crippen molar-refractivity contribution in [2.75, 3.05) is 7.11 Å². The number of ether oxygens (including phenoxy) is 1. The highest BCUT2D eigenvalue weighted by molar-refractivity contribution is 5.86. The first-order valence-corrected chi connectivity index (χ1v) is 6.48. The van der Waals surface area contributed by atoms with E-state index in [-0.39, 0.29) is 17.9 Å². The third kappa shape index (κ3) is 5.38. The van der Waals surface area contributed by atoms with E-state index in [1.54, 1.807) is 0 Å². The number of hydrogen-bond acceptors (Lipinski definition) is 3. The number of methoxy groups -OCH3 is 1. The molecule has 106 valence electrons. The van der Waals surface area contributed by atoms with Gasteiger partial charge in [0, 0.05) is 6.04 Å². The molecule has 0 aliphatic rings. The molecule has 0 saturated heterocycles. The Bertz CT molecular complexity index is 277. The summed E-state index contributed by atoms with van der Waals surface area (Å²) in [6, 6.07) is -0.441. The Hall–Kier alpha value is -1.26. The Morgan fingerprint density at radius 1 is 1.06 bits per heavy atom. The largest absolute Gasteiger partial charge is 0.453 e. The average molecular weight is 258 g/mol. The van der Waals surface area contributed by atoms with Crippen molar-refractivity contribution in [3.63, 3.8) is 0 Å². The lowest BCUT2D eigenvalue weighted by Gasteiger charge is -2.26. The van der Waals surface area contributed by atoms with Crippen LogP contribution in [0.25, 0.3) is 0 Å². The summed E-state index contributed by atoms with van der Waals surface area (Å²) < 4.78 is 4.53. The van der Waals surface area contributed by atoms with Gasteiger partial charge >= 0.3 is 6.09 Å². The normalized spacial score (nSPS) is 14.2. The van der Waals surface area contributed by atoms with Gasteiger partial charge in [-0.3, -0.25) is 4.79 Å². The summed E-state index contributed by atoms with van der Waals surface area (Å²) in [7, 11) is 1.29. The van der Waals surface area contributed by atoms with Crippen LogP contribution in [-0.2, 0) is 9.53 Å². The van der Waals surface area contributed by atoms with Gasteiger partial charge in [-0.05, 0) is 18.3 Å². The molecular weight excluding hydrogens is 232 g/mol. The van der Waals surface area contributed by atoms with Gasteiger partial charge in [0.15, 0.2) is 0 Å². The first kappa shape index (κ1) is 16.7. The van der Waals surface area contributed by atoms with Gasteiger partial charge in [-0.1, -0.05) is 34.6 Å². The van der Waals surface area contributed by atoms with Crippen molar-refractivity contribution in [2.45, 2.75) is 53.1 Å². The second-order valence-corrected chi connectivity index (χ2v) is 5.12. The molecule has 5 heteroatoms. The van der Waals surface area contributed by atoms with Gasteiger partial charge in [0.25, 0.3) is 0 Å². The molecule has 18 heavy (non-hydrogen) atoms. The molecule has 0 unspecified atom stereocenters. The molecule has 0 aromatic heterocycles. The smallest absolute Gasteiger partial charge is 0.407 e. The Morgan fingerprint density at radius 3 is 1.94 bits per heavy atom. The van der Waals surface area contributed by atoms with Crippen molar-refractivity contribution in [3.05, 3.63) is 0 Å². The number of alkyl carbamates (subject to hydrolysis) is 1. The Balaban J connectivity index is 4.61. The standard InChI is InChI=1S/C13H26N2O3/c1-7-10(8(2)3)14-12(16)11(9(4)5)15-13(17)18-6/h8-11H,7H2,1-6H3,(H,14,16)(H,15,17)/t10-,11+/m1/s1. The lowest BCUT2D eigenvalue weighted by atomic mass is 9.99. The van der Waals surface area contributed by atoms with E-state index in [0.717, 1.165) is 6.42 Å². The van der Waals surface area contributed by atoms with E-state index in [0.29, 0.717) is 5.92 Å². The molecule has 5 nitrogen and oxygen atoms in total. The van der Waals surface area contributed by atoms with E-state index in [1.807, 2.05) is 20.8 Å². The van der Waals surface area contributed by atoms with E-state index < -0.39 is 12.1 Å². The van der Waals surface area contributed by atoms with E-state index in [9.17, 15) is 9.59 Å². The summed E-state index contributed by atoms with van der Waals surface area (Å²) in [6.45, 7) is 9.93. The van der Waals surface area contributed by atoms with Crippen LogP contribution < -0.4 is 10.6 Å². The zero-order valence-electron chi connectivity index (χ0n) is 12.2. The molecule has 0 aliphatic heterocycles. The third-order valence-corrected chi connectivity index (χ3v) is 2.98. The number of carbonyl (C=O) groups excluding carboxylic acids is 2. The van der Waals surface area contributed by atoms with Crippen molar-refractivity contribution >= 4 is 12.0 Å². The van der Waals surface area contributed by atoms with E-state index >= 15 is 0 Å². The zero-order chi connectivity index (χ0) is 14.3. The summed E-state index contributed by atoms with van der Waals surface area (Å²) in [4.78, 5) is 23.3. The molecule has 0 aromatic carbocycles. The Morgan fingerprint density at radius 2 is 1.61 bits per heavy atom. The molecule has 2 atom stereocenters. The zero-order valence-corrected chi connectivity index (χ0v) is 12.2.